The van der Waals surface area contributed by atoms with E-state index in [0.29, 0.717) is 0 Å². The Morgan fingerprint density at radius 1 is 0.920 bits per heavy atom. The molecule has 0 amide bonds. The molecule has 0 aromatic heterocycles. The number of carbonyl (C=O) groups is 1. The summed E-state index contributed by atoms with van der Waals surface area (Å²) in [7, 11) is 1.13. The Bertz CT molecular complexity index is 458. The number of methoxy groups -OCH3 is 1. The van der Waals surface area contributed by atoms with Crippen molar-refractivity contribution < 1.29 is 59.5 Å². The normalized spacial score (nSPS) is 48.3. The number of rotatable bonds is 5. The quantitative estimate of drug-likeness (QED) is 0.245. The van der Waals surface area contributed by atoms with Gasteiger partial charge in [-0.05, 0) is 0 Å². The molecule has 10 unspecified atom stereocenters. The molecule has 2 fully saturated rings. The Morgan fingerprint density at radius 3 is 2.08 bits per heavy atom. The maximum atomic E-state index is 11.2. The summed E-state index contributed by atoms with van der Waals surface area (Å²) < 4.78 is 20.1. The molecule has 0 saturated carbocycles. The van der Waals surface area contributed by atoms with E-state index in [0.717, 1.165) is 7.11 Å². The molecule has 0 radical (unpaired) electrons. The third-order valence-electron chi connectivity index (χ3n) is 4.16. The largest absolute Gasteiger partial charge is 0.479 e. The first-order valence-corrected chi connectivity index (χ1v) is 7.46. The van der Waals surface area contributed by atoms with Crippen LogP contribution in [0.2, 0.25) is 0 Å². The summed E-state index contributed by atoms with van der Waals surface area (Å²) in [5.41, 5.74) is 0. The van der Waals surface area contributed by atoms with Gasteiger partial charge in [-0.1, -0.05) is 0 Å². The van der Waals surface area contributed by atoms with Gasteiger partial charge in [0.1, 0.15) is 42.7 Å². The molecule has 0 spiro atoms. The highest BCUT2D eigenvalue weighted by Gasteiger charge is 2.52. The smallest absolute Gasteiger partial charge is 0.335 e. The summed E-state index contributed by atoms with van der Waals surface area (Å²) in [4.78, 5) is 11.2. The highest BCUT2D eigenvalue weighted by Crippen LogP contribution is 2.29. The van der Waals surface area contributed by atoms with Crippen LogP contribution in [0.1, 0.15) is 0 Å². The van der Waals surface area contributed by atoms with Crippen molar-refractivity contribution in [3.63, 3.8) is 0 Å². The Morgan fingerprint density at radius 2 is 1.56 bits per heavy atom. The van der Waals surface area contributed by atoms with Gasteiger partial charge in [-0.15, -0.1) is 0 Å². The SMILES string of the molecule is COC1OC(C(=O)O)C(O)C(OC2OC(CO)C(O)C(O)C2O)C1O. The second-order valence-corrected chi connectivity index (χ2v) is 5.78. The van der Waals surface area contributed by atoms with Crippen LogP contribution in [0.5, 0.6) is 0 Å². The molecule has 0 aromatic carbocycles. The second kappa shape index (κ2) is 8.18. The summed E-state index contributed by atoms with van der Waals surface area (Å²) in [5, 5.41) is 67.8. The van der Waals surface area contributed by atoms with E-state index in [-0.39, 0.29) is 0 Å². The minimum Gasteiger partial charge on any atom is -0.479 e. The highest BCUT2D eigenvalue weighted by atomic mass is 16.7. The van der Waals surface area contributed by atoms with Crippen molar-refractivity contribution in [3.05, 3.63) is 0 Å². The van der Waals surface area contributed by atoms with Crippen molar-refractivity contribution in [1.82, 2.24) is 0 Å². The van der Waals surface area contributed by atoms with E-state index in [1.165, 1.54) is 0 Å². The Hall–Kier alpha value is -0.930. The van der Waals surface area contributed by atoms with Gasteiger partial charge in [0, 0.05) is 7.11 Å². The molecule has 0 aromatic rings. The maximum Gasteiger partial charge on any atom is 0.335 e. The van der Waals surface area contributed by atoms with Crippen LogP contribution in [0.3, 0.4) is 0 Å². The van der Waals surface area contributed by atoms with Gasteiger partial charge in [-0.2, -0.15) is 0 Å². The van der Waals surface area contributed by atoms with Crippen LogP contribution in [-0.2, 0) is 23.7 Å². The predicted molar refractivity (Wildman–Crippen MR) is 74.0 cm³/mol. The molecule has 2 aliphatic rings. The van der Waals surface area contributed by atoms with E-state index in [4.69, 9.17) is 29.2 Å². The topological polar surface area (TPSA) is 196 Å². The fraction of sp³-hybridized carbons (Fsp3) is 0.923. The average Bonchev–Trinajstić information content (AvgIpc) is 2.58. The lowest BCUT2D eigenvalue weighted by Crippen LogP contribution is -2.65. The summed E-state index contributed by atoms with van der Waals surface area (Å²) in [5.74, 6) is -1.54. The lowest BCUT2D eigenvalue weighted by molar-refractivity contribution is -0.354. The van der Waals surface area contributed by atoms with Crippen molar-refractivity contribution >= 4 is 5.97 Å². The van der Waals surface area contributed by atoms with Gasteiger partial charge in [-0.3, -0.25) is 0 Å². The molecule has 146 valence electrons. The summed E-state index contributed by atoms with van der Waals surface area (Å²) in [6, 6.07) is 0. The predicted octanol–water partition coefficient (Wildman–Crippen LogP) is -4.65. The number of carboxylic acids is 1. The number of aliphatic hydroxyl groups is 6. The number of hydrogen-bond acceptors (Lipinski definition) is 11. The first kappa shape index (κ1) is 20.4. The molecule has 2 aliphatic heterocycles. The van der Waals surface area contributed by atoms with Crippen molar-refractivity contribution in [2.75, 3.05) is 13.7 Å². The van der Waals surface area contributed by atoms with Crippen molar-refractivity contribution in [3.8, 4) is 0 Å². The molecular formula is C13H22O12. The van der Waals surface area contributed by atoms with Crippen molar-refractivity contribution in [2.45, 2.75) is 61.4 Å². The summed E-state index contributed by atoms with van der Waals surface area (Å²) >= 11 is 0. The van der Waals surface area contributed by atoms with Gasteiger partial charge in [0.05, 0.1) is 6.61 Å². The number of carboxylic acid groups (broad SMARTS) is 1. The lowest BCUT2D eigenvalue weighted by Gasteiger charge is -2.45. The minimum atomic E-state index is -1.86. The van der Waals surface area contributed by atoms with Gasteiger partial charge >= 0.3 is 5.97 Å². The van der Waals surface area contributed by atoms with Crippen LogP contribution in [-0.4, -0.2) is 117 Å². The van der Waals surface area contributed by atoms with Crippen LogP contribution in [0.4, 0.5) is 0 Å². The van der Waals surface area contributed by atoms with Gasteiger partial charge < -0.3 is 54.7 Å². The summed E-state index contributed by atoms with van der Waals surface area (Å²) in [6.45, 7) is -0.706. The molecule has 7 N–H and O–H groups in total. The van der Waals surface area contributed by atoms with Gasteiger partial charge in [0.25, 0.3) is 0 Å². The third-order valence-corrected chi connectivity index (χ3v) is 4.16. The van der Waals surface area contributed by atoms with Crippen molar-refractivity contribution in [1.29, 1.82) is 0 Å². The molecule has 2 rings (SSSR count). The zero-order valence-electron chi connectivity index (χ0n) is 13.2. The van der Waals surface area contributed by atoms with Crippen LogP contribution in [0.15, 0.2) is 0 Å². The van der Waals surface area contributed by atoms with Gasteiger partial charge in [0.2, 0.25) is 0 Å². The Kier molecular flexibility index (Phi) is 6.67. The molecule has 2 saturated heterocycles. The number of hydrogen-bond donors (Lipinski definition) is 7. The van der Waals surface area contributed by atoms with E-state index in [9.17, 15) is 30.3 Å². The molecule has 2 heterocycles. The standard InChI is InChI=1S/C13H22O12/c1-22-12-8(19)9(7(18)10(25-12)11(20)21)24-13-6(17)5(16)4(15)3(2-14)23-13/h3-10,12-19H,2H2,1H3,(H,20,21). The molecule has 0 bridgehead atoms. The van der Waals surface area contributed by atoms with E-state index in [1.807, 2.05) is 0 Å². The molecule has 0 aliphatic carbocycles. The Balaban J connectivity index is 2.18. The van der Waals surface area contributed by atoms with Gasteiger partial charge in [0.15, 0.2) is 18.7 Å². The summed E-state index contributed by atoms with van der Waals surface area (Å²) in [6.07, 6.45) is -16.5. The van der Waals surface area contributed by atoms with Crippen LogP contribution in [0, 0.1) is 0 Å². The van der Waals surface area contributed by atoms with E-state index in [1.54, 1.807) is 0 Å². The molecule has 10 atom stereocenters. The Labute approximate surface area is 141 Å². The van der Waals surface area contributed by atoms with Gasteiger partial charge in [-0.25, -0.2) is 4.79 Å². The van der Waals surface area contributed by atoms with Crippen LogP contribution in [0.25, 0.3) is 0 Å². The first-order valence-electron chi connectivity index (χ1n) is 7.46. The van der Waals surface area contributed by atoms with Crippen LogP contribution < -0.4 is 0 Å². The van der Waals surface area contributed by atoms with E-state index in [2.05, 4.69) is 0 Å². The maximum absolute atomic E-state index is 11.2. The fourth-order valence-electron chi connectivity index (χ4n) is 2.73. The zero-order chi connectivity index (χ0) is 18.9. The highest BCUT2D eigenvalue weighted by molar-refractivity contribution is 5.73. The molecule has 12 nitrogen and oxygen atoms in total. The zero-order valence-corrected chi connectivity index (χ0v) is 13.2. The molecule has 12 heteroatoms. The van der Waals surface area contributed by atoms with E-state index < -0.39 is 74.0 Å². The minimum absolute atomic E-state index is 0.706. The number of ether oxygens (including phenoxy) is 4. The monoisotopic (exact) mass is 370 g/mol. The van der Waals surface area contributed by atoms with Crippen LogP contribution >= 0.6 is 0 Å². The lowest BCUT2D eigenvalue weighted by atomic mass is 9.97. The average molecular weight is 370 g/mol. The third kappa shape index (κ3) is 3.93. The number of aliphatic carboxylic acids is 1. The molecule has 25 heavy (non-hydrogen) atoms. The van der Waals surface area contributed by atoms with E-state index >= 15 is 0 Å². The molecular weight excluding hydrogens is 348 g/mol. The second-order valence-electron chi connectivity index (χ2n) is 5.78. The first-order chi connectivity index (χ1) is 11.7. The van der Waals surface area contributed by atoms with Crippen molar-refractivity contribution in [2.24, 2.45) is 0 Å². The fourth-order valence-corrected chi connectivity index (χ4v) is 2.73. The number of aliphatic hydroxyl groups excluding tert-OH is 6.